The third kappa shape index (κ3) is 2.46. The molecule has 5 aromatic rings. The van der Waals surface area contributed by atoms with Crippen LogP contribution in [0, 0.1) is 6.92 Å². The highest BCUT2D eigenvalue weighted by Crippen LogP contribution is 2.27. The number of pyridine rings is 1. The predicted molar refractivity (Wildman–Crippen MR) is 100.0 cm³/mol. The molecule has 0 aliphatic carbocycles. The van der Waals surface area contributed by atoms with Gasteiger partial charge in [0.05, 0.1) is 22.4 Å². The van der Waals surface area contributed by atoms with E-state index < -0.39 is 0 Å². The van der Waals surface area contributed by atoms with Crippen LogP contribution in [0.1, 0.15) is 11.4 Å². The normalized spacial score (nSPS) is 11.7. The van der Waals surface area contributed by atoms with Crippen molar-refractivity contribution in [2.75, 3.05) is 0 Å². The Balaban J connectivity index is 1.57. The van der Waals surface area contributed by atoms with E-state index in [0.717, 1.165) is 44.4 Å². The molecule has 122 valence electrons. The monoisotopic (exact) mass is 345 g/mol. The number of hydrogen-bond acceptors (Lipinski definition) is 4. The number of imidazole rings is 1. The van der Waals surface area contributed by atoms with Gasteiger partial charge in [0.1, 0.15) is 5.65 Å². The average molecular weight is 345 g/mol. The maximum Gasteiger partial charge on any atom is 0.190 e. The quantitative estimate of drug-likeness (QED) is 0.364. The molecular weight excluding hydrogens is 330 g/mol. The van der Waals surface area contributed by atoms with Gasteiger partial charge in [0.2, 0.25) is 0 Å². The smallest absolute Gasteiger partial charge is 0.190 e. The lowest BCUT2D eigenvalue weighted by Gasteiger charge is -2.06. The molecule has 0 fully saturated rings. The van der Waals surface area contributed by atoms with Crippen molar-refractivity contribution in [1.82, 2.24) is 24.0 Å². The molecule has 0 bridgehead atoms. The highest BCUT2D eigenvalue weighted by molar-refractivity contribution is 7.98. The second-order valence-corrected chi connectivity index (χ2v) is 6.92. The third-order valence-electron chi connectivity index (χ3n) is 4.17. The van der Waals surface area contributed by atoms with Gasteiger partial charge in [0, 0.05) is 23.5 Å². The number of benzene rings is 1. The van der Waals surface area contributed by atoms with Crippen molar-refractivity contribution in [3.05, 3.63) is 72.3 Å². The molecule has 0 amide bonds. The molecule has 25 heavy (non-hydrogen) atoms. The molecule has 1 aromatic carbocycles. The Morgan fingerprint density at radius 3 is 2.84 bits per heavy atom. The zero-order valence-corrected chi connectivity index (χ0v) is 14.4. The first kappa shape index (κ1) is 14.5. The fourth-order valence-corrected chi connectivity index (χ4v) is 3.90. The van der Waals surface area contributed by atoms with Crippen LogP contribution in [0.5, 0.6) is 0 Å². The lowest BCUT2D eigenvalue weighted by Crippen LogP contribution is -1.98. The van der Waals surface area contributed by atoms with E-state index in [1.807, 2.05) is 58.4 Å². The number of thioether (sulfide) groups is 1. The molecule has 4 aromatic heterocycles. The fraction of sp³-hybridized carbons (Fsp3) is 0.105. The maximum absolute atomic E-state index is 4.81. The van der Waals surface area contributed by atoms with Gasteiger partial charge in [-0.05, 0) is 31.2 Å². The highest BCUT2D eigenvalue weighted by Gasteiger charge is 2.12. The van der Waals surface area contributed by atoms with Crippen molar-refractivity contribution < 1.29 is 0 Å². The minimum atomic E-state index is 0.751. The van der Waals surface area contributed by atoms with E-state index in [2.05, 4.69) is 28.4 Å². The minimum absolute atomic E-state index is 0.751. The summed E-state index contributed by atoms with van der Waals surface area (Å²) in [4.78, 5) is 9.47. The van der Waals surface area contributed by atoms with Crippen LogP contribution in [-0.2, 0) is 5.75 Å². The molecule has 0 radical (unpaired) electrons. The van der Waals surface area contributed by atoms with Crippen molar-refractivity contribution in [1.29, 1.82) is 0 Å². The van der Waals surface area contributed by atoms with Crippen LogP contribution in [0.3, 0.4) is 0 Å². The topological polar surface area (TPSA) is 47.5 Å². The summed E-state index contributed by atoms with van der Waals surface area (Å²) in [6.07, 6.45) is 4.08. The molecule has 0 saturated carbocycles. The van der Waals surface area contributed by atoms with Gasteiger partial charge in [-0.1, -0.05) is 36.0 Å². The van der Waals surface area contributed by atoms with Gasteiger partial charge in [0.15, 0.2) is 5.16 Å². The molecule has 0 aliphatic heterocycles. The zero-order valence-electron chi connectivity index (χ0n) is 13.6. The molecule has 0 saturated heterocycles. The number of nitrogens with zero attached hydrogens (tertiary/aromatic N) is 5. The summed E-state index contributed by atoms with van der Waals surface area (Å²) in [6, 6.07) is 16.3. The minimum Gasteiger partial charge on any atom is -0.307 e. The molecule has 0 atom stereocenters. The van der Waals surface area contributed by atoms with E-state index in [0.29, 0.717) is 0 Å². The average Bonchev–Trinajstić information content (AvgIpc) is 3.22. The number of fused-ring (bicyclic) bond motifs is 4. The van der Waals surface area contributed by atoms with E-state index in [1.165, 1.54) is 0 Å². The van der Waals surface area contributed by atoms with Crippen molar-refractivity contribution in [2.45, 2.75) is 17.8 Å². The van der Waals surface area contributed by atoms with Gasteiger partial charge in [-0.2, -0.15) is 5.10 Å². The molecule has 0 aliphatic rings. The first-order valence-corrected chi connectivity index (χ1v) is 9.07. The Bertz CT molecular complexity index is 1190. The largest absolute Gasteiger partial charge is 0.307 e. The molecule has 5 rings (SSSR count). The van der Waals surface area contributed by atoms with Gasteiger partial charge in [-0.3, -0.25) is 0 Å². The van der Waals surface area contributed by atoms with Crippen molar-refractivity contribution in [3.63, 3.8) is 0 Å². The highest BCUT2D eigenvalue weighted by atomic mass is 32.2. The summed E-state index contributed by atoms with van der Waals surface area (Å²) in [5.74, 6) is 0.751. The number of rotatable bonds is 3. The first-order chi connectivity index (χ1) is 12.3. The molecule has 0 spiro atoms. The lowest BCUT2D eigenvalue weighted by molar-refractivity contribution is 0.797. The summed E-state index contributed by atoms with van der Waals surface area (Å²) in [6.45, 7) is 2.01. The molecule has 0 unspecified atom stereocenters. The van der Waals surface area contributed by atoms with Gasteiger partial charge in [-0.15, -0.1) is 0 Å². The number of hydrogen-bond donors (Lipinski definition) is 0. The van der Waals surface area contributed by atoms with Crippen LogP contribution in [0.25, 0.3) is 22.1 Å². The van der Waals surface area contributed by atoms with Gasteiger partial charge < -0.3 is 4.40 Å². The Hall–Kier alpha value is -2.86. The van der Waals surface area contributed by atoms with E-state index in [4.69, 9.17) is 4.98 Å². The Kier molecular flexibility index (Phi) is 3.24. The maximum atomic E-state index is 4.81. The first-order valence-electron chi connectivity index (χ1n) is 8.08. The Morgan fingerprint density at radius 1 is 1.04 bits per heavy atom. The molecule has 0 N–H and O–H groups in total. The van der Waals surface area contributed by atoms with Crippen molar-refractivity contribution in [2.24, 2.45) is 0 Å². The van der Waals surface area contributed by atoms with Crippen LogP contribution in [0.2, 0.25) is 0 Å². The van der Waals surface area contributed by atoms with E-state index in [-0.39, 0.29) is 0 Å². The van der Waals surface area contributed by atoms with Crippen LogP contribution >= 0.6 is 11.8 Å². The third-order valence-corrected chi connectivity index (χ3v) is 5.13. The summed E-state index contributed by atoms with van der Waals surface area (Å²) in [7, 11) is 0. The number of aryl methyl sites for hydroxylation is 1. The van der Waals surface area contributed by atoms with E-state index >= 15 is 0 Å². The van der Waals surface area contributed by atoms with Crippen LogP contribution < -0.4 is 0 Å². The number of para-hydroxylation sites is 1. The Labute approximate surface area is 148 Å². The number of aromatic nitrogens is 5. The van der Waals surface area contributed by atoms with E-state index in [1.54, 1.807) is 11.8 Å². The SMILES string of the molecule is Cc1cc2c3ccccc3nc(SCc3cn4ccccc4n3)n2n1. The summed E-state index contributed by atoms with van der Waals surface area (Å²) >= 11 is 1.66. The summed E-state index contributed by atoms with van der Waals surface area (Å²) < 4.78 is 3.98. The molecule has 4 heterocycles. The molecular formula is C19H15N5S. The molecule has 5 nitrogen and oxygen atoms in total. The summed E-state index contributed by atoms with van der Waals surface area (Å²) in [5.41, 5.74) is 5.08. The lowest BCUT2D eigenvalue weighted by atomic mass is 10.2. The standard InChI is InChI=1S/C19H15N5S/c1-13-10-17-15-6-2-3-7-16(15)21-19(24(17)22-13)25-12-14-11-23-9-5-4-8-18(23)20-14/h2-11H,12H2,1H3. The zero-order chi connectivity index (χ0) is 16.8. The van der Waals surface area contributed by atoms with Crippen molar-refractivity contribution >= 4 is 33.8 Å². The predicted octanol–water partition coefficient (Wildman–Crippen LogP) is 4.13. The van der Waals surface area contributed by atoms with Gasteiger partial charge in [-0.25, -0.2) is 14.5 Å². The van der Waals surface area contributed by atoms with E-state index in [9.17, 15) is 0 Å². The van der Waals surface area contributed by atoms with Crippen LogP contribution in [0.15, 0.2) is 66.1 Å². The second-order valence-electron chi connectivity index (χ2n) is 5.98. The van der Waals surface area contributed by atoms with Crippen molar-refractivity contribution in [3.8, 4) is 0 Å². The summed E-state index contributed by atoms with van der Waals surface area (Å²) in [5, 5.41) is 6.64. The molecule has 6 heteroatoms. The fourth-order valence-electron chi connectivity index (χ4n) is 3.06. The van der Waals surface area contributed by atoms with Crippen LogP contribution in [-0.4, -0.2) is 24.0 Å². The van der Waals surface area contributed by atoms with Crippen LogP contribution in [0.4, 0.5) is 0 Å². The second kappa shape index (κ2) is 5.60. The van der Waals surface area contributed by atoms with Gasteiger partial charge >= 0.3 is 0 Å². The van der Waals surface area contributed by atoms with Gasteiger partial charge in [0.25, 0.3) is 0 Å². The Morgan fingerprint density at radius 2 is 1.92 bits per heavy atom.